The molecular weight excluding hydrogens is 769 g/mol. The first kappa shape index (κ1) is 51.3. The number of aromatic hydroxyl groups is 1. The smallest absolute Gasteiger partial charge is 0.326 e. The third-order valence-electron chi connectivity index (χ3n) is 10.8. The number of carboxylic acids is 1. The van der Waals surface area contributed by atoms with Gasteiger partial charge in [0.2, 0.25) is 29.5 Å². The van der Waals surface area contributed by atoms with Crippen LogP contribution >= 0.6 is 0 Å². The van der Waals surface area contributed by atoms with E-state index in [4.69, 9.17) is 11.5 Å². The van der Waals surface area contributed by atoms with E-state index < -0.39 is 77.7 Å². The van der Waals surface area contributed by atoms with Crippen LogP contribution in [0, 0.1) is 11.8 Å². The Labute approximate surface area is 356 Å². The molecule has 336 valence electrons. The van der Waals surface area contributed by atoms with E-state index in [0.29, 0.717) is 82.0 Å². The van der Waals surface area contributed by atoms with Gasteiger partial charge >= 0.3 is 5.97 Å². The maximum absolute atomic E-state index is 14.3. The summed E-state index contributed by atoms with van der Waals surface area (Å²) in [6.45, 7) is 16.8. The van der Waals surface area contributed by atoms with Crippen LogP contribution in [0.4, 0.5) is 0 Å². The molecule has 0 bridgehead atoms. The zero-order valence-electron chi connectivity index (χ0n) is 36.2. The Kier molecular flexibility index (Phi) is 23.2. The lowest BCUT2D eigenvalue weighted by Gasteiger charge is -2.31. The summed E-state index contributed by atoms with van der Waals surface area (Å²) in [5.41, 5.74) is 13.1. The van der Waals surface area contributed by atoms with Crippen LogP contribution in [0.25, 0.3) is 0 Å². The minimum absolute atomic E-state index is 0.0265. The largest absolute Gasteiger partial charge is 0.508 e. The van der Waals surface area contributed by atoms with E-state index in [-0.39, 0.29) is 31.1 Å². The van der Waals surface area contributed by atoms with E-state index in [1.54, 1.807) is 31.2 Å². The van der Waals surface area contributed by atoms with Gasteiger partial charge in [0.25, 0.3) is 0 Å². The fourth-order valence-corrected chi connectivity index (χ4v) is 7.19. The number of carbonyl (C=O) groups excluding carboxylic acids is 5. The summed E-state index contributed by atoms with van der Waals surface area (Å²) in [5, 5.41) is 34.5. The predicted octanol–water partition coefficient (Wildman–Crippen LogP) is 2.17. The van der Waals surface area contributed by atoms with E-state index in [2.05, 4.69) is 39.7 Å². The molecule has 11 N–H and O–H groups in total. The molecule has 16 nitrogen and oxygen atoms in total. The van der Waals surface area contributed by atoms with E-state index in [1.165, 1.54) is 11.0 Å². The van der Waals surface area contributed by atoms with Gasteiger partial charge in [0.15, 0.2) is 0 Å². The van der Waals surface area contributed by atoms with Crippen LogP contribution in [0.3, 0.4) is 0 Å². The number of amides is 5. The maximum Gasteiger partial charge on any atom is 0.326 e. The fraction of sp³-hybridized carbons (Fsp3) is 0.636. The number of nitrogens with zero attached hydrogens (tertiary/aromatic N) is 1. The van der Waals surface area contributed by atoms with Crippen LogP contribution in [-0.4, -0.2) is 113 Å². The number of carbonyl (C=O) groups is 6. The lowest BCUT2D eigenvalue weighted by Crippen LogP contribution is -2.60. The molecule has 1 aliphatic rings. The van der Waals surface area contributed by atoms with Gasteiger partial charge in [-0.2, -0.15) is 0 Å². The van der Waals surface area contributed by atoms with Gasteiger partial charge < -0.3 is 53.2 Å². The highest BCUT2D eigenvalue weighted by Crippen LogP contribution is 2.23. The zero-order chi connectivity index (χ0) is 44.8. The summed E-state index contributed by atoms with van der Waals surface area (Å²) >= 11 is 0. The topological polar surface area (TPSA) is 258 Å². The quantitative estimate of drug-likeness (QED) is 0.0417. The zero-order valence-corrected chi connectivity index (χ0v) is 36.2. The minimum Gasteiger partial charge on any atom is -0.508 e. The van der Waals surface area contributed by atoms with Gasteiger partial charge in [-0.05, 0) is 99.9 Å². The molecule has 0 spiro atoms. The molecule has 1 aromatic carbocycles. The highest BCUT2D eigenvalue weighted by molar-refractivity contribution is 5.96. The Hall–Kier alpha value is -4.80. The Morgan fingerprint density at radius 2 is 1.60 bits per heavy atom. The Balaban J connectivity index is 2.38. The van der Waals surface area contributed by atoms with E-state index in [1.807, 2.05) is 20.8 Å². The molecule has 7 atom stereocenters. The molecule has 5 amide bonds. The molecule has 0 aromatic heterocycles. The second kappa shape index (κ2) is 27.1. The van der Waals surface area contributed by atoms with Crippen molar-refractivity contribution in [2.45, 2.75) is 141 Å². The third kappa shape index (κ3) is 17.1. The standard InChI is InChI=1S/C44H72N8O8/c1-7-15-31-26-30(19-20-37(31)53)27-34(40(55)51-38(29(6)9-3)42(57)50-35(44(59)60)25-28(4)5)49-41(56)36-18-14-24-52(36)43(58)33(17-10-12-21-45)48-39(54)32(46)16-11-13-23-47-22-8-2/h7-8,19-20,26,28-29,32-36,38,47,53H,1-2,9-18,21-25,27,45-46H2,3-6H3,(H,48,54)(H,49,56)(H,50,57)(H,51,55)(H,59,60)/t29?,32-,33-,34-,35-,36-,38-/m0/s1. The molecule has 1 aromatic rings. The summed E-state index contributed by atoms with van der Waals surface area (Å²) in [6.07, 6.45) is 8.59. The lowest BCUT2D eigenvalue weighted by atomic mass is 9.95. The van der Waals surface area contributed by atoms with Crippen molar-refractivity contribution in [1.29, 1.82) is 0 Å². The molecule has 60 heavy (non-hydrogen) atoms. The van der Waals surface area contributed by atoms with Gasteiger partial charge in [-0.15, -0.1) is 13.2 Å². The van der Waals surface area contributed by atoms with Gasteiger partial charge in [-0.1, -0.05) is 64.8 Å². The first-order valence-electron chi connectivity index (χ1n) is 21.5. The fourth-order valence-electron chi connectivity index (χ4n) is 7.19. The normalized spacial score (nSPS) is 16.8. The van der Waals surface area contributed by atoms with Gasteiger partial charge in [0.05, 0.1) is 6.04 Å². The van der Waals surface area contributed by atoms with Crippen LogP contribution in [0.2, 0.25) is 0 Å². The average Bonchev–Trinajstić information content (AvgIpc) is 3.71. The van der Waals surface area contributed by atoms with Gasteiger partial charge in [0, 0.05) is 19.5 Å². The van der Waals surface area contributed by atoms with Crippen molar-refractivity contribution in [2.24, 2.45) is 23.3 Å². The summed E-state index contributed by atoms with van der Waals surface area (Å²) in [5.74, 6) is -4.42. The van der Waals surface area contributed by atoms with Crippen LogP contribution in [0.5, 0.6) is 5.75 Å². The van der Waals surface area contributed by atoms with Crippen molar-refractivity contribution in [3.63, 3.8) is 0 Å². The molecule has 0 saturated carbocycles. The summed E-state index contributed by atoms with van der Waals surface area (Å²) in [4.78, 5) is 83.0. The van der Waals surface area contributed by atoms with Crippen molar-refractivity contribution >= 4 is 35.5 Å². The van der Waals surface area contributed by atoms with Crippen LogP contribution in [-0.2, 0) is 41.6 Å². The number of allylic oxidation sites excluding steroid dienone is 1. The Bertz CT molecular complexity index is 1590. The number of hydrogen-bond acceptors (Lipinski definition) is 10. The van der Waals surface area contributed by atoms with E-state index >= 15 is 0 Å². The van der Waals surface area contributed by atoms with Crippen LogP contribution in [0.15, 0.2) is 43.5 Å². The predicted molar refractivity (Wildman–Crippen MR) is 233 cm³/mol. The van der Waals surface area contributed by atoms with Crippen molar-refractivity contribution < 1.29 is 39.0 Å². The molecule has 1 unspecified atom stereocenters. The van der Waals surface area contributed by atoms with Crippen molar-refractivity contribution in [3.05, 3.63) is 54.6 Å². The van der Waals surface area contributed by atoms with Crippen LogP contribution < -0.4 is 38.1 Å². The van der Waals surface area contributed by atoms with Crippen LogP contribution in [0.1, 0.15) is 103 Å². The van der Waals surface area contributed by atoms with Gasteiger partial charge in [0.1, 0.15) is 36.0 Å². The number of likely N-dealkylation sites (tertiary alicyclic amines) is 1. The maximum atomic E-state index is 14.3. The molecule has 0 radical (unpaired) electrons. The summed E-state index contributed by atoms with van der Waals surface area (Å²) < 4.78 is 0. The van der Waals surface area contributed by atoms with Crippen molar-refractivity contribution in [3.8, 4) is 5.75 Å². The monoisotopic (exact) mass is 841 g/mol. The Morgan fingerprint density at radius 3 is 2.23 bits per heavy atom. The highest BCUT2D eigenvalue weighted by atomic mass is 16.4. The molecule has 16 heteroatoms. The van der Waals surface area contributed by atoms with Gasteiger partial charge in [-0.25, -0.2) is 4.79 Å². The Morgan fingerprint density at radius 1 is 0.900 bits per heavy atom. The third-order valence-corrected chi connectivity index (χ3v) is 10.8. The van der Waals surface area contributed by atoms with E-state index in [9.17, 15) is 39.0 Å². The minimum atomic E-state index is -1.24. The molecule has 2 rings (SSSR count). The number of unbranched alkanes of at least 4 members (excludes halogenated alkanes) is 2. The molecule has 1 heterocycles. The number of hydrogen-bond donors (Lipinski definition) is 9. The number of carboxylic acid groups (broad SMARTS) is 1. The summed E-state index contributed by atoms with van der Waals surface area (Å²) in [6, 6.07) is -1.46. The van der Waals surface area contributed by atoms with Crippen molar-refractivity contribution in [2.75, 3.05) is 26.2 Å². The van der Waals surface area contributed by atoms with Crippen molar-refractivity contribution in [1.82, 2.24) is 31.5 Å². The number of aliphatic carboxylic acids is 1. The molecule has 1 saturated heterocycles. The molecule has 1 fully saturated rings. The highest BCUT2D eigenvalue weighted by Gasteiger charge is 2.40. The number of rotatable bonds is 29. The number of nitrogens with two attached hydrogens (primary N) is 2. The first-order valence-corrected chi connectivity index (χ1v) is 21.5. The summed E-state index contributed by atoms with van der Waals surface area (Å²) in [7, 11) is 0. The number of phenols is 1. The first-order chi connectivity index (χ1) is 28.6. The van der Waals surface area contributed by atoms with E-state index in [0.717, 1.165) is 13.0 Å². The SMILES string of the molecule is C=CCNCCCC[C@H](N)C(=O)N[C@@H](CCCCN)C(=O)N1CCC[C@H]1C(=O)N[C@@H](Cc1ccc(O)c(CC=C)c1)C(=O)N[C@H](C(=O)N[C@@H](CC(C)C)C(=O)O)C(C)CC. The number of phenolic OH excluding ortho intramolecular Hbond substituents is 1. The molecule has 0 aliphatic carbocycles. The second-order valence-corrected chi connectivity index (χ2v) is 16.3. The number of benzene rings is 1. The lowest BCUT2D eigenvalue weighted by molar-refractivity contribution is -0.143. The number of nitrogens with one attached hydrogen (secondary N) is 5. The average molecular weight is 841 g/mol. The molecule has 1 aliphatic heterocycles. The molecular formula is C44H72N8O8. The van der Waals surface area contributed by atoms with Gasteiger partial charge in [-0.3, -0.25) is 24.0 Å². The second-order valence-electron chi connectivity index (χ2n) is 16.3.